The zero-order chi connectivity index (χ0) is 7.52. The van der Waals surface area contributed by atoms with E-state index in [4.69, 9.17) is 0 Å². The second-order valence-electron chi connectivity index (χ2n) is 1.89. The molecule has 0 saturated heterocycles. The fourth-order valence-corrected chi connectivity index (χ4v) is 0.721. The number of aromatic nitrogens is 4. The lowest BCUT2D eigenvalue weighted by Crippen LogP contribution is -1.83. The van der Waals surface area contributed by atoms with Crippen LogP contribution < -0.4 is 0 Å². The van der Waals surface area contributed by atoms with Crippen molar-refractivity contribution in [2.75, 3.05) is 0 Å². The topological polar surface area (TPSA) is 64.7 Å². The van der Waals surface area contributed by atoms with E-state index in [9.17, 15) is 0 Å². The Hall–Kier alpha value is -1.78. The van der Waals surface area contributed by atoms with Gasteiger partial charge in [-0.3, -0.25) is 0 Å². The van der Waals surface area contributed by atoms with Crippen molar-refractivity contribution < 1.29 is 4.52 Å². The molecule has 0 saturated carbocycles. The maximum Gasteiger partial charge on any atom is 0.214 e. The fraction of sp³-hybridized carbons (Fsp3) is 0. The van der Waals surface area contributed by atoms with E-state index in [-0.39, 0.29) is 0 Å². The van der Waals surface area contributed by atoms with Crippen molar-refractivity contribution in [1.29, 1.82) is 0 Å². The van der Waals surface area contributed by atoms with Crippen LogP contribution >= 0.6 is 0 Å². The third-order valence-corrected chi connectivity index (χ3v) is 1.20. The van der Waals surface area contributed by atoms with E-state index >= 15 is 0 Å². The molecule has 0 radical (unpaired) electrons. The SMILES string of the molecule is c1cc(-c2ncon2)cnn1. The van der Waals surface area contributed by atoms with E-state index in [2.05, 4.69) is 24.9 Å². The van der Waals surface area contributed by atoms with E-state index in [0.717, 1.165) is 5.56 Å². The smallest absolute Gasteiger partial charge is 0.214 e. The van der Waals surface area contributed by atoms with Crippen LogP contribution in [0.4, 0.5) is 0 Å². The first-order chi connectivity index (χ1) is 5.47. The molecular formula is C6H4N4O. The summed E-state index contributed by atoms with van der Waals surface area (Å²) in [6, 6.07) is 1.76. The summed E-state index contributed by atoms with van der Waals surface area (Å²) < 4.78 is 4.56. The molecule has 2 rings (SSSR count). The third kappa shape index (κ3) is 1.07. The molecule has 2 aromatic heterocycles. The van der Waals surface area contributed by atoms with Gasteiger partial charge >= 0.3 is 0 Å². The van der Waals surface area contributed by atoms with Gasteiger partial charge in [-0.15, -0.1) is 0 Å². The molecule has 5 heteroatoms. The Morgan fingerprint density at radius 2 is 2.27 bits per heavy atom. The van der Waals surface area contributed by atoms with Crippen molar-refractivity contribution >= 4 is 0 Å². The molecule has 0 bridgehead atoms. The van der Waals surface area contributed by atoms with E-state index in [0.29, 0.717) is 5.82 Å². The minimum absolute atomic E-state index is 0.528. The summed E-state index contributed by atoms with van der Waals surface area (Å²) in [5, 5.41) is 10.9. The molecular weight excluding hydrogens is 144 g/mol. The Balaban J connectivity index is 2.46. The molecule has 0 spiro atoms. The Morgan fingerprint density at radius 1 is 1.27 bits per heavy atom. The Morgan fingerprint density at radius 3 is 2.91 bits per heavy atom. The fourth-order valence-electron chi connectivity index (χ4n) is 0.721. The molecule has 5 nitrogen and oxygen atoms in total. The summed E-state index contributed by atoms with van der Waals surface area (Å²) in [7, 11) is 0. The molecule has 0 fully saturated rings. The average Bonchev–Trinajstić information content (AvgIpc) is 2.58. The standard InChI is InChI=1S/C6H4N4O/c1-2-8-9-3-5(1)6-7-4-11-10-6/h1-4H. The van der Waals surface area contributed by atoms with Crippen LogP contribution in [0.25, 0.3) is 11.4 Å². The number of hydrogen-bond donors (Lipinski definition) is 0. The molecule has 2 aromatic rings. The second-order valence-corrected chi connectivity index (χ2v) is 1.89. The summed E-state index contributed by atoms with van der Waals surface area (Å²) in [6.45, 7) is 0. The molecule has 0 aliphatic carbocycles. The first-order valence-corrected chi connectivity index (χ1v) is 3.00. The molecule has 0 aliphatic heterocycles. The maximum absolute atomic E-state index is 4.56. The number of nitrogens with zero attached hydrogens (tertiary/aromatic N) is 4. The van der Waals surface area contributed by atoms with Crippen molar-refractivity contribution in [2.45, 2.75) is 0 Å². The van der Waals surface area contributed by atoms with Crippen LogP contribution in [0.1, 0.15) is 0 Å². The molecule has 54 valence electrons. The summed E-state index contributed by atoms with van der Waals surface area (Å²) in [5.41, 5.74) is 0.800. The zero-order valence-corrected chi connectivity index (χ0v) is 5.51. The summed E-state index contributed by atoms with van der Waals surface area (Å²) in [5.74, 6) is 0.528. The van der Waals surface area contributed by atoms with Crippen LogP contribution in [0.5, 0.6) is 0 Å². The largest absolute Gasteiger partial charge is 0.342 e. The molecule has 11 heavy (non-hydrogen) atoms. The van der Waals surface area contributed by atoms with Gasteiger partial charge in [-0.05, 0) is 6.07 Å². The molecule has 0 atom stereocenters. The van der Waals surface area contributed by atoms with Crippen molar-refractivity contribution in [3.8, 4) is 11.4 Å². The zero-order valence-electron chi connectivity index (χ0n) is 5.51. The summed E-state index contributed by atoms with van der Waals surface area (Å²) in [6.07, 6.45) is 4.42. The van der Waals surface area contributed by atoms with E-state index in [1.165, 1.54) is 6.39 Å². The van der Waals surface area contributed by atoms with Gasteiger partial charge in [0.15, 0.2) is 0 Å². The monoisotopic (exact) mass is 148 g/mol. The van der Waals surface area contributed by atoms with Crippen molar-refractivity contribution in [1.82, 2.24) is 20.3 Å². The van der Waals surface area contributed by atoms with Gasteiger partial charge in [0.1, 0.15) is 0 Å². The Kier molecular flexibility index (Phi) is 1.33. The van der Waals surface area contributed by atoms with Gasteiger partial charge in [-0.1, -0.05) is 5.16 Å². The first kappa shape index (κ1) is 5.96. The minimum Gasteiger partial charge on any atom is -0.342 e. The number of hydrogen-bond acceptors (Lipinski definition) is 5. The van der Waals surface area contributed by atoms with Crippen LogP contribution in [0.15, 0.2) is 29.4 Å². The van der Waals surface area contributed by atoms with Gasteiger partial charge in [0.2, 0.25) is 12.2 Å². The Bertz CT molecular complexity index is 318. The van der Waals surface area contributed by atoms with Crippen molar-refractivity contribution in [3.63, 3.8) is 0 Å². The van der Waals surface area contributed by atoms with E-state index < -0.39 is 0 Å². The highest BCUT2D eigenvalue weighted by Gasteiger charge is 2.00. The van der Waals surface area contributed by atoms with Gasteiger partial charge in [0.05, 0.1) is 12.4 Å². The lowest BCUT2D eigenvalue weighted by Gasteiger charge is -1.87. The maximum atomic E-state index is 4.56. The molecule has 0 aliphatic rings. The van der Waals surface area contributed by atoms with E-state index in [1.54, 1.807) is 18.5 Å². The lowest BCUT2D eigenvalue weighted by molar-refractivity contribution is 0.418. The van der Waals surface area contributed by atoms with Crippen molar-refractivity contribution in [2.24, 2.45) is 0 Å². The lowest BCUT2D eigenvalue weighted by atomic mass is 10.3. The van der Waals surface area contributed by atoms with Crippen LogP contribution in [-0.4, -0.2) is 20.3 Å². The summed E-state index contributed by atoms with van der Waals surface area (Å²) in [4.78, 5) is 3.84. The summed E-state index contributed by atoms with van der Waals surface area (Å²) >= 11 is 0. The van der Waals surface area contributed by atoms with Crippen LogP contribution in [0, 0.1) is 0 Å². The highest BCUT2D eigenvalue weighted by Crippen LogP contribution is 2.09. The minimum atomic E-state index is 0.528. The molecule has 0 N–H and O–H groups in total. The molecule has 2 heterocycles. The normalized spacial score (nSPS) is 9.82. The van der Waals surface area contributed by atoms with Crippen LogP contribution in [0.2, 0.25) is 0 Å². The molecule has 0 unspecified atom stereocenters. The molecule has 0 aromatic carbocycles. The van der Waals surface area contributed by atoms with Gasteiger partial charge in [-0.25, -0.2) is 0 Å². The third-order valence-electron chi connectivity index (χ3n) is 1.20. The average molecular weight is 148 g/mol. The van der Waals surface area contributed by atoms with Gasteiger partial charge < -0.3 is 4.52 Å². The van der Waals surface area contributed by atoms with Crippen molar-refractivity contribution in [3.05, 3.63) is 24.9 Å². The van der Waals surface area contributed by atoms with Crippen LogP contribution in [-0.2, 0) is 0 Å². The second kappa shape index (κ2) is 2.45. The predicted molar refractivity (Wildman–Crippen MR) is 35.3 cm³/mol. The van der Waals surface area contributed by atoms with Gasteiger partial charge in [0, 0.05) is 5.56 Å². The van der Waals surface area contributed by atoms with Gasteiger partial charge in [-0.2, -0.15) is 15.2 Å². The quantitative estimate of drug-likeness (QED) is 0.590. The highest BCUT2D eigenvalue weighted by atomic mass is 16.5. The Labute approximate surface area is 62.1 Å². The predicted octanol–water partition coefficient (Wildman–Crippen LogP) is 0.527. The van der Waals surface area contributed by atoms with E-state index in [1.807, 2.05) is 0 Å². The molecule has 0 amide bonds. The first-order valence-electron chi connectivity index (χ1n) is 3.00. The van der Waals surface area contributed by atoms with Crippen LogP contribution in [0.3, 0.4) is 0 Å². The number of rotatable bonds is 1. The van der Waals surface area contributed by atoms with Gasteiger partial charge in [0.25, 0.3) is 0 Å². The highest BCUT2D eigenvalue weighted by molar-refractivity contribution is 5.50.